The first kappa shape index (κ1) is 22.1. The van der Waals surface area contributed by atoms with Crippen molar-refractivity contribution in [3.63, 3.8) is 0 Å². The molecule has 3 heterocycles. The molecule has 3 saturated heterocycles. The summed E-state index contributed by atoms with van der Waals surface area (Å²) in [5.41, 5.74) is 8.77. The summed E-state index contributed by atoms with van der Waals surface area (Å²) in [6.45, 7) is 3.83. The van der Waals surface area contributed by atoms with Crippen molar-refractivity contribution < 1.29 is 18.7 Å². The third-order valence-corrected chi connectivity index (χ3v) is 6.84. The van der Waals surface area contributed by atoms with Crippen molar-refractivity contribution in [2.45, 2.75) is 24.5 Å². The molecule has 0 bridgehead atoms. The van der Waals surface area contributed by atoms with Crippen molar-refractivity contribution in [3.05, 3.63) is 53.8 Å². The number of nitrogens with one attached hydrogen (secondary N) is 4. The first-order valence-corrected chi connectivity index (χ1v) is 11.4. The molecule has 0 spiro atoms. The predicted molar refractivity (Wildman–Crippen MR) is 124 cm³/mol. The molecule has 0 saturated carbocycles. The van der Waals surface area contributed by atoms with Gasteiger partial charge in [0.1, 0.15) is 17.6 Å². The van der Waals surface area contributed by atoms with E-state index in [0.717, 1.165) is 37.7 Å². The maximum Gasteiger partial charge on any atom is 0.243 e. The quantitative estimate of drug-likeness (QED) is 0.547. The lowest BCUT2D eigenvalue weighted by molar-refractivity contribution is -0.119. The Morgan fingerprint density at radius 3 is 2.70 bits per heavy atom. The number of benzene rings is 2. The Kier molecular flexibility index (Phi) is 6.45. The summed E-state index contributed by atoms with van der Waals surface area (Å²) in [6, 6.07) is 12.2. The minimum atomic E-state index is -0.420. The minimum Gasteiger partial charge on any atom is -0.496 e. The van der Waals surface area contributed by atoms with E-state index in [0.29, 0.717) is 24.3 Å². The average Bonchev–Trinajstić information content (AvgIpc) is 3.28. The van der Waals surface area contributed by atoms with Gasteiger partial charge in [-0.3, -0.25) is 10.2 Å². The Bertz CT molecular complexity index is 983. The van der Waals surface area contributed by atoms with Crippen molar-refractivity contribution in [1.29, 1.82) is 0 Å². The number of fused-ring (bicyclic) bond motifs is 1. The fourth-order valence-electron chi connectivity index (χ4n) is 5.08. The van der Waals surface area contributed by atoms with Crippen molar-refractivity contribution >= 4 is 17.3 Å². The number of nitrogens with zero attached hydrogens (tertiary/aromatic N) is 1. The maximum atomic E-state index is 14.6. The summed E-state index contributed by atoms with van der Waals surface area (Å²) >= 11 is 0. The monoisotopic (exact) mass is 455 g/mol. The third kappa shape index (κ3) is 4.54. The van der Waals surface area contributed by atoms with E-state index in [4.69, 9.17) is 9.47 Å². The van der Waals surface area contributed by atoms with E-state index in [-0.39, 0.29) is 29.7 Å². The number of amides is 1. The van der Waals surface area contributed by atoms with Crippen molar-refractivity contribution in [2.75, 3.05) is 50.2 Å². The van der Waals surface area contributed by atoms with Gasteiger partial charge < -0.3 is 25.0 Å². The summed E-state index contributed by atoms with van der Waals surface area (Å²) in [5.74, 6) is 0.125. The highest BCUT2D eigenvalue weighted by Gasteiger charge is 2.44. The van der Waals surface area contributed by atoms with Gasteiger partial charge in [0.2, 0.25) is 5.91 Å². The molecular formula is C24H30FN5O3. The Morgan fingerprint density at radius 1 is 1.15 bits per heavy atom. The molecule has 4 N–H and O–H groups in total. The van der Waals surface area contributed by atoms with Gasteiger partial charge in [0, 0.05) is 54.6 Å². The van der Waals surface area contributed by atoms with E-state index in [9.17, 15) is 9.18 Å². The molecule has 176 valence electrons. The summed E-state index contributed by atoms with van der Waals surface area (Å²) in [5, 5.41) is 6.43. The number of piperidine rings is 1. The highest BCUT2D eigenvalue weighted by molar-refractivity contribution is 5.95. The Labute approximate surface area is 192 Å². The van der Waals surface area contributed by atoms with E-state index in [2.05, 4.69) is 26.4 Å². The van der Waals surface area contributed by atoms with Crippen molar-refractivity contribution in [1.82, 2.24) is 16.2 Å². The number of rotatable bonds is 5. The van der Waals surface area contributed by atoms with Gasteiger partial charge in [0.15, 0.2) is 0 Å². The first-order chi connectivity index (χ1) is 16.1. The van der Waals surface area contributed by atoms with Crippen molar-refractivity contribution in [3.8, 4) is 5.75 Å². The molecule has 3 fully saturated rings. The van der Waals surface area contributed by atoms with Gasteiger partial charge in [0.25, 0.3) is 0 Å². The van der Waals surface area contributed by atoms with E-state index in [1.807, 2.05) is 24.3 Å². The predicted octanol–water partition coefficient (Wildman–Crippen LogP) is 1.81. The van der Waals surface area contributed by atoms with Crippen LogP contribution in [0.1, 0.15) is 18.0 Å². The number of hydrogen-bond donors (Lipinski definition) is 4. The normalized spacial score (nSPS) is 27.2. The second-order valence-electron chi connectivity index (χ2n) is 8.72. The zero-order valence-corrected chi connectivity index (χ0v) is 18.6. The van der Waals surface area contributed by atoms with Crippen LogP contribution >= 0.6 is 0 Å². The maximum absolute atomic E-state index is 14.6. The molecule has 4 unspecified atom stereocenters. The number of methoxy groups -OCH3 is 1. The molecule has 3 aliphatic heterocycles. The van der Waals surface area contributed by atoms with Crippen LogP contribution in [-0.2, 0) is 9.53 Å². The molecule has 2 aromatic rings. The highest BCUT2D eigenvalue weighted by Crippen LogP contribution is 2.37. The lowest BCUT2D eigenvalue weighted by atomic mass is 9.81. The topological polar surface area (TPSA) is 86.9 Å². The summed E-state index contributed by atoms with van der Waals surface area (Å²) in [7, 11) is 1.54. The number of hydrazine groups is 1. The second-order valence-corrected chi connectivity index (χ2v) is 8.72. The van der Waals surface area contributed by atoms with E-state index in [1.165, 1.54) is 6.07 Å². The largest absolute Gasteiger partial charge is 0.496 e. The summed E-state index contributed by atoms with van der Waals surface area (Å²) < 4.78 is 25.4. The number of halogens is 1. The number of morpholine rings is 1. The van der Waals surface area contributed by atoms with E-state index >= 15 is 0 Å². The van der Waals surface area contributed by atoms with Crippen LogP contribution in [0.15, 0.2) is 42.5 Å². The fraction of sp³-hybridized carbons (Fsp3) is 0.458. The number of hydrogen-bond acceptors (Lipinski definition) is 7. The SMILES string of the molecule is COc1cccc(F)c1C1CC2C(CN1)NNC2C(=O)Nc1ccc(N2CCOCC2)cc1. The minimum absolute atomic E-state index is 0.00758. The number of ether oxygens (including phenoxy) is 2. The standard InChI is InChI=1S/C24H30FN5O3/c1-32-21-4-2-3-18(25)22(21)19-13-17-20(14-26-19)28-29-23(17)24(31)27-15-5-7-16(8-6-15)30-9-11-33-12-10-30/h2-8,17,19-20,23,26,28-29H,9-14H2,1H3,(H,27,31). The molecule has 1 amide bonds. The second kappa shape index (κ2) is 9.64. The van der Waals surface area contributed by atoms with Gasteiger partial charge >= 0.3 is 0 Å². The molecular weight excluding hydrogens is 425 g/mol. The lowest BCUT2D eigenvalue weighted by Crippen LogP contribution is -2.48. The van der Waals surface area contributed by atoms with Gasteiger partial charge in [-0.25, -0.2) is 9.82 Å². The molecule has 0 aliphatic carbocycles. The molecule has 0 radical (unpaired) electrons. The molecule has 2 aromatic carbocycles. The van der Waals surface area contributed by atoms with Crippen LogP contribution in [0.2, 0.25) is 0 Å². The van der Waals surface area contributed by atoms with Gasteiger partial charge in [0.05, 0.1) is 20.3 Å². The number of anilines is 2. The van der Waals surface area contributed by atoms with Crippen LogP contribution < -0.4 is 31.1 Å². The van der Waals surface area contributed by atoms with Gasteiger partial charge in [-0.15, -0.1) is 0 Å². The van der Waals surface area contributed by atoms with E-state index < -0.39 is 6.04 Å². The highest BCUT2D eigenvalue weighted by atomic mass is 19.1. The Morgan fingerprint density at radius 2 is 1.94 bits per heavy atom. The van der Waals surface area contributed by atoms with Crippen LogP contribution in [0.5, 0.6) is 5.75 Å². The number of carbonyl (C=O) groups excluding carboxylic acids is 1. The fourth-order valence-corrected chi connectivity index (χ4v) is 5.08. The third-order valence-electron chi connectivity index (χ3n) is 6.84. The van der Waals surface area contributed by atoms with Gasteiger partial charge in [-0.2, -0.15) is 0 Å². The summed E-state index contributed by atoms with van der Waals surface area (Å²) in [6.07, 6.45) is 0.607. The zero-order chi connectivity index (χ0) is 22.8. The van der Waals surface area contributed by atoms with Crippen LogP contribution in [-0.4, -0.2) is 57.9 Å². The van der Waals surface area contributed by atoms with Crippen LogP contribution in [0.3, 0.4) is 0 Å². The molecule has 0 aromatic heterocycles. The molecule has 4 atom stereocenters. The Hall–Kier alpha value is -2.72. The molecule has 33 heavy (non-hydrogen) atoms. The molecule has 9 heteroatoms. The smallest absolute Gasteiger partial charge is 0.243 e. The molecule has 8 nitrogen and oxygen atoms in total. The van der Waals surface area contributed by atoms with Crippen LogP contribution in [0.4, 0.5) is 15.8 Å². The molecule has 3 aliphatic rings. The first-order valence-electron chi connectivity index (χ1n) is 11.4. The van der Waals surface area contributed by atoms with Crippen LogP contribution in [0, 0.1) is 11.7 Å². The van der Waals surface area contributed by atoms with Crippen molar-refractivity contribution in [2.24, 2.45) is 5.92 Å². The van der Waals surface area contributed by atoms with E-state index in [1.54, 1.807) is 19.2 Å². The summed E-state index contributed by atoms with van der Waals surface area (Å²) in [4.78, 5) is 15.4. The van der Waals surface area contributed by atoms with Gasteiger partial charge in [-0.05, 0) is 42.8 Å². The average molecular weight is 456 g/mol. The van der Waals surface area contributed by atoms with Crippen LogP contribution in [0.25, 0.3) is 0 Å². The number of carbonyl (C=O) groups is 1. The molecule has 5 rings (SSSR count). The van der Waals surface area contributed by atoms with Gasteiger partial charge in [-0.1, -0.05) is 6.07 Å². The zero-order valence-electron chi connectivity index (χ0n) is 18.6. The Balaban J connectivity index is 1.26. The lowest BCUT2D eigenvalue weighted by Gasteiger charge is -2.34.